The van der Waals surface area contributed by atoms with Crippen LogP contribution in [0.15, 0.2) is 5.16 Å². The van der Waals surface area contributed by atoms with Crippen LogP contribution in [0, 0.1) is 11.8 Å². The molecule has 0 radical (unpaired) electrons. The lowest BCUT2D eigenvalue weighted by molar-refractivity contribution is -0.183. The van der Waals surface area contributed by atoms with E-state index in [0.717, 1.165) is 38.8 Å². The van der Waals surface area contributed by atoms with Crippen molar-refractivity contribution < 1.29 is 27.5 Å². The summed E-state index contributed by atoms with van der Waals surface area (Å²) in [6, 6.07) is 0. The minimum Gasteiger partial charge on any atom is -0.393 e. The second-order valence-electron chi connectivity index (χ2n) is 8.34. The molecule has 1 amide bonds. The first kappa shape index (κ1) is 21.4. The molecular weight excluding hydrogens is 373 g/mol. The first-order valence-electron chi connectivity index (χ1n) is 10.5. The molecule has 160 valence electrons. The second kappa shape index (κ2) is 9.46. The van der Waals surface area contributed by atoms with E-state index in [2.05, 4.69) is 5.16 Å². The number of oxime groups is 1. The fraction of sp³-hybridized carbons (Fsp3) is 0.900. The summed E-state index contributed by atoms with van der Waals surface area (Å²) in [7, 11) is 0. The number of carbonyl (C=O) groups excluding carboxylic acids is 1. The molecule has 3 fully saturated rings. The molecule has 4 unspecified atom stereocenters. The average molecular weight is 404 g/mol. The Morgan fingerprint density at radius 1 is 1.11 bits per heavy atom. The Kier molecular flexibility index (Phi) is 7.23. The number of nitrogens with zero attached hydrogens (tertiary/aromatic N) is 2. The van der Waals surface area contributed by atoms with Gasteiger partial charge in [-0.25, -0.2) is 0 Å². The van der Waals surface area contributed by atoms with Gasteiger partial charge >= 0.3 is 6.18 Å². The molecule has 3 rings (SSSR count). The summed E-state index contributed by atoms with van der Waals surface area (Å²) in [5.74, 6) is -1.35. The van der Waals surface area contributed by atoms with Crippen molar-refractivity contribution in [3.8, 4) is 0 Å². The van der Waals surface area contributed by atoms with Gasteiger partial charge < -0.3 is 14.5 Å². The monoisotopic (exact) mass is 404 g/mol. The highest BCUT2D eigenvalue weighted by Crippen LogP contribution is 2.40. The van der Waals surface area contributed by atoms with E-state index in [4.69, 9.17) is 9.57 Å². The molecule has 8 heteroatoms. The predicted octanol–water partition coefficient (Wildman–Crippen LogP) is 4.31. The van der Waals surface area contributed by atoms with Crippen molar-refractivity contribution in [3.63, 3.8) is 0 Å². The van der Waals surface area contributed by atoms with Crippen molar-refractivity contribution in [1.29, 1.82) is 0 Å². The van der Waals surface area contributed by atoms with E-state index >= 15 is 0 Å². The van der Waals surface area contributed by atoms with Crippen LogP contribution in [0.5, 0.6) is 0 Å². The Morgan fingerprint density at radius 3 is 2.57 bits per heavy atom. The maximum Gasteiger partial charge on any atom is 0.391 e. The molecule has 0 spiro atoms. The summed E-state index contributed by atoms with van der Waals surface area (Å²) in [4.78, 5) is 19.8. The van der Waals surface area contributed by atoms with E-state index in [1.165, 1.54) is 6.42 Å². The van der Waals surface area contributed by atoms with E-state index in [1.54, 1.807) is 6.92 Å². The van der Waals surface area contributed by atoms with Crippen LogP contribution in [-0.4, -0.2) is 54.6 Å². The summed E-state index contributed by atoms with van der Waals surface area (Å²) in [5, 5.41) is 4.06. The van der Waals surface area contributed by atoms with E-state index in [9.17, 15) is 18.0 Å². The van der Waals surface area contributed by atoms with Crippen LogP contribution in [0.25, 0.3) is 0 Å². The van der Waals surface area contributed by atoms with E-state index in [1.807, 2.05) is 4.90 Å². The standard InChI is InChI=1S/C20H31F3N2O3/c1-14(15-6-5-7-16(12-15)20(21,22)23)24-27-13-17-8-9-18(28-17)19(26)25-10-3-2-4-11-25/h15-18H,2-13H2,1H3/b24-14+. The number of rotatable bonds is 5. The molecule has 0 bridgehead atoms. The largest absolute Gasteiger partial charge is 0.393 e. The summed E-state index contributed by atoms with van der Waals surface area (Å²) in [6.45, 7) is 3.59. The second-order valence-corrected chi connectivity index (χ2v) is 8.34. The van der Waals surface area contributed by atoms with Crippen LogP contribution in [-0.2, 0) is 14.4 Å². The molecule has 0 aromatic carbocycles. The van der Waals surface area contributed by atoms with Gasteiger partial charge in [0.1, 0.15) is 12.7 Å². The summed E-state index contributed by atoms with van der Waals surface area (Å²) >= 11 is 0. The van der Waals surface area contributed by atoms with Crippen LogP contribution in [0.2, 0.25) is 0 Å². The van der Waals surface area contributed by atoms with E-state index in [-0.39, 0.29) is 37.4 Å². The van der Waals surface area contributed by atoms with Crippen LogP contribution in [0.1, 0.15) is 64.7 Å². The van der Waals surface area contributed by atoms with Gasteiger partial charge in [-0.15, -0.1) is 0 Å². The third kappa shape index (κ3) is 5.61. The van der Waals surface area contributed by atoms with Crippen molar-refractivity contribution >= 4 is 11.6 Å². The van der Waals surface area contributed by atoms with Gasteiger partial charge in [0.05, 0.1) is 17.7 Å². The lowest BCUT2D eigenvalue weighted by Crippen LogP contribution is -2.42. The van der Waals surface area contributed by atoms with Crippen LogP contribution in [0.4, 0.5) is 13.2 Å². The third-order valence-corrected chi connectivity index (χ3v) is 6.25. The molecule has 28 heavy (non-hydrogen) atoms. The summed E-state index contributed by atoms with van der Waals surface area (Å²) in [5.41, 5.74) is 0.618. The number of piperidine rings is 1. The highest BCUT2D eigenvalue weighted by atomic mass is 19.4. The Balaban J connectivity index is 1.41. The first-order chi connectivity index (χ1) is 13.3. The molecule has 5 nitrogen and oxygen atoms in total. The van der Waals surface area contributed by atoms with Gasteiger partial charge in [-0.05, 0) is 58.3 Å². The fourth-order valence-electron chi connectivity index (χ4n) is 4.49. The van der Waals surface area contributed by atoms with Gasteiger partial charge in [0, 0.05) is 19.0 Å². The number of likely N-dealkylation sites (tertiary alicyclic amines) is 1. The molecule has 1 saturated carbocycles. The van der Waals surface area contributed by atoms with Crippen molar-refractivity contribution in [1.82, 2.24) is 4.90 Å². The van der Waals surface area contributed by atoms with E-state index < -0.39 is 18.2 Å². The molecule has 2 saturated heterocycles. The number of hydrogen-bond acceptors (Lipinski definition) is 4. The van der Waals surface area contributed by atoms with Gasteiger partial charge in [0.15, 0.2) is 0 Å². The van der Waals surface area contributed by atoms with Crippen LogP contribution < -0.4 is 0 Å². The summed E-state index contributed by atoms with van der Waals surface area (Å²) < 4.78 is 44.7. The highest BCUT2D eigenvalue weighted by Gasteiger charge is 2.42. The molecule has 2 aliphatic heterocycles. The van der Waals surface area contributed by atoms with Gasteiger partial charge in [-0.3, -0.25) is 4.79 Å². The van der Waals surface area contributed by atoms with Crippen molar-refractivity contribution in [2.45, 2.75) is 83.1 Å². The van der Waals surface area contributed by atoms with Gasteiger partial charge in [0.2, 0.25) is 0 Å². The number of hydrogen-bond donors (Lipinski definition) is 0. The topological polar surface area (TPSA) is 51.1 Å². The third-order valence-electron chi connectivity index (χ3n) is 6.25. The Hall–Kier alpha value is -1.31. The summed E-state index contributed by atoms with van der Waals surface area (Å²) in [6.07, 6.45) is 1.55. The molecule has 0 aromatic heterocycles. The number of carbonyl (C=O) groups is 1. The SMILES string of the molecule is C/C(=N\OCC1CCC(C(=O)N2CCCCC2)O1)C1CCCC(C(F)(F)F)C1. The Morgan fingerprint density at radius 2 is 1.86 bits per heavy atom. The van der Waals surface area contributed by atoms with Gasteiger partial charge in [-0.2, -0.15) is 13.2 Å². The molecule has 0 N–H and O–H groups in total. The molecule has 2 heterocycles. The maximum absolute atomic E-state index is 13.0. The van der Waals surface area contributed by atoms with Crippen LogP contribution >= 0.6 is 0 Å². The zero-order valence-corrected chi connectivity index (χ0v) is 16.5. The first-order valence-corrected chi connectivity index (χ1v) is 10.5. The smallest absolute Gasteiger partial charge is 0.391 e. The molecular formula is C20H31F3N2O3. The molecule has 3 aliphatic rings. The molecule has 1 aliphatic carbocycles. The molecule has 0 aromatic rings. The van der Waals surface area contributed by atoms with Crippen molar-refractivity contribution in [2.75, 3.05) is 19.7 Å². The van der Waals surface area contributed by atoms with Gasteiger partial charge in [0.25, 0.3) is 5.91 Å². The number of ether oxygens (including phenoxy) is 1. The number of alkyl halides is 3. The van der Waals surface area contributed by atoms with Gasteiger partial charge in [-0.1, -0.05) is 11.6 Å². The van der Waals surface area contributed by atoms with E-state index in [0.29, 0.717) is 18.6 Å². The maximum atomic E-state index is 13.0. The van der Waals surface area contributed by atoms with Crippen molar-refractivity contribution in [2.24, 2.45) is 17.0 Å². The average Bonchev–Trinajstić information content (AvgIpc) is 3.16. The fourth-order valence-corrected chi connectivity index (χ4v) is 4.49. The predicted molar refractivity (Wildman–Crippen MR) is 98.9 cm³/mol. The lowest BCUT2D eigenvalue weighted by atomic mass is 9.79. The zero-order chi connectivity index (χ0) is 20.1. The zero-order valence-electron chi connectivity index (χ0n) is 16.5. The number of amides is 1. The molecule has 4 atom stereocenters. The Labute approximate surface area is 164 Å². The lowest BCUT2D eigenvalue weighted by Gasteiger charge is -2.30. The quantitative estimate of drug-likeness (QED) is 0.507. The highest BCUT2D eigenvalue weighted by molar-refractivity contribution is 5.84. The van der Waals surface area contributed by atoms with Crippen LogP contribution in [0.3, 0.4) is 0 Å². The minimum absolute atomic E-state index is 0.0716. The van der Waals surface area contributed by atoms with Crippen molar-refractivity contribution in [3.05, 3.63) is 0 Å². The number of halogens is 3. The Bertz CT molecular complexity index is 561. The normalized spacial score (nSPS) is 32.4. The minimum atomic E-state index is -4.13.